The molecule has 2 saturated heterocycles. The summed E-state index contributed by atoms with van der Waals surface area (Å²) in [5.74, 6) is -0.0573. The van der Waals surface area contributed by atoms with E-state index in [0.717, 1.165) is 19.3 Å². The summed E-state index contributed by atoms with van der Waals surface area (Å²) in [6.07, 6.45) is 3.35. The summed E-state index contributed by atoms with van der Waals surface area (Å²) in [7, 11) is -3.52. The molecule has 2 aliphatic heterocycles. The van der Waals surface area contributed by atoms with E-state index < -0.39 is 10.0 Å². The summed E-state index contributed by atoms with van der Waals surface area (Å²) in [6.45, 7) is 1.99. The molecule has 0 atom stereocenters. The highest BCUT2D eigenvalue weighted by atomic mass is 32.2. The van der Waals surface area contributed by atoms with Crippen molar-refractivity contribution in [3.63, 3.8) is 0 Å². The van der Waals surface area contributed by atoms with Crippen molar-refractivity contribution >= 4 is 21.8 Å². The Hall–Kier alpha value is -1.93. The molecule has 2 fully saturated rings. The predicted molar refractivity (Wildman–Crippen MR) is 96.8 cm³/mol. The molecule has 26 heavy (non-hydrogen) atoms. The van der Waals surface area contributed by atoms with Gasteiger partial charge < -0.3 is 9.80 Å². The molecule has 0 unspecified atom stereocenters. The lowest BCUT2D eigenvalue weighted by Gasteiger charge is -2.35. The average molecular weight is 379 g/mol. The number of benzene rings is 1. The number of piperazine rings is 1. The summed E-state index contributed by atoms with van der Waals surface area (Å²) in [5, 5.41) is 0. The lowest BCUT2D eigenvalue weighted by molar-refractivity contribution is -0.140. The zero-order chi connectivity index (χ0) is 18.6. The maximum atomic E-state index is 12.6. The molecule has 3 rings (SSSR count). The van der Waals surface area contributed by atoms with E-state index in [0.29, 0.717) is 26.1 Å². The normalized spacial score (nSPS) is 20.1. The van der Waals surface area contributed by atoms with E-state index in [1.807, 2.05) is 0 Å². The van der Waals surface area contributed by atoms with Crippen molar-refractivity contribution in [1.29, 1.82) is 0 Å². The third-order valence-electron chi connectivity index (χ3n) is 4.97. The van der Waals surface area contributed by atoms with Gasteiger partial charge in [0.25, 0.3) is 0 Å². The molecule has 7 nitrogen and oxygen atoms in total. The van der Waals surface area contributed by atoms with Gasteiger partial charge in [0.2, 0.25) is 21.8 Å². The molecule has 1 aromatic carbocycles. The maximum absolute atomic E-state index is 12.6. The Morgan fingerprint density at radius 1 is 0.923 bits per heavy atom. The molecule has 2 aliphatic rings. The number of likely N-dealkylation sites (tertiary alicyclic amines) is 1. The van der Waals surface area contributed by atoms with Crippen LogP contribution in [0.3, 0.4) is 0 Å². The van der Waals surface area contributed by atoms with E-state index in [2.05, 4.69) is 0 Å². The first kappa shape index (κ1) is 18.8. The van der Waals surface area contributed by atoms with Gasteiger partial charge in [0.05, 0.1) is 11.4 Å². The third-order valence-corrected chi connectivity index (χ3v) is 6.88. The van der Waals surface area contributed by atoms with Crippen LogP contribution in [0.4, 0.5) is 0 Å². The predicted octanol–water partition coefficient (Wildman–Crippen LogP) is 0.922. The van der Waals surface area contributed by atoms with Crippen LogP contribution in [0.2, 0.25) is 0 Å². The fourth-order valence-electron chi connectivity index (χ4n) is 3.39. The van der Waals surface area contributed by atoms with Crippen LogP contribution in [0.25, 0.3) is 0 Å². The van der Waals surface area contributed by atoms with Gasteiger partial charge in [0, 0.05) is 39.1 Å². The molecule has 1 aromatic rings. The number of hydrogen-bond donors (Lipinski definition) is 0. The summed E-state index contributed by atoms with van der Waals surface area (Å²) in [6, 6.07) is 8.34. The van der Waals surface area contributed by atoms with Gasteiger partial charge >= 0.3 is 0 Å². The van der Waals surface area contributed by atoms with Crippen molar-refractivity contribution < 1.29 is 18.0 Å². The summed E-state index contributed by atoms with van der Waals surface area (Å²) in [4.78, 5) is 28.1. The van der Waals surface area contributed by atoms with Crippen LogP contribution in [0, 0.1) is 0 Å². The van der Waals surface area contributed by atoms with Crippen LogP contribution in [0.5, 0.6) is 0 Å². The number of hydrogen-bond acceptors (Lipinski definition) is 4. The second kappa shape index (κ2) is 8.18. The minimum absolute atomic E-state index is 0.0427. The topological polar surface area (TPSA) is 78.0 Å². The second-order valence-electron chi connectivity index (χ2n) is 6.72. The first-order valence-electron chi connectivity index (χ1n) is 9.09. The quantitative estimate of drug-likeness (QED) is 0.779. The molecule has 0 saturated carbocycles. The Labute approximate surface area is 154 Å². The smallest absolute Gasteiger partial charge is 0.243 e. The van der Waals surface area contributed by atoms with Crippen LogP contribution in [0.1, 0.15) is 25.7 Å². The van der Waals surface area contributed by atoms with Gasteiger partial charge in [-0.1, -0.05) is 24.6 Å². The fraction of sp³-hybridized carbons (Fsp3) is 0.556. The molecule has 2 amide bonds. The molecule has 0 aromatic heterocycles. The van der Waals surface area contributed by atoms with Crippen molar-refractivity contribution in [2.45, 2.75) is 30.6 Å². The van der Waals surface area contributed by atoms with Gasteiger partial charge in [0.15, 0.2) is 0 Å². The minimum Gasteiger partial charge on any atom is -0.339 e. The molecule has 8 heteroatoms. The lowest BCUT2D eigenvalue weighted by atomic mass is 10.2. The average Bonchev–Trinajstić information content (AvgIpc) is 2.87. The van der Waals surface area contributed by atoms with Gasteiger partial charge in [0.1, 0.15) is 0 Å². The highest BCUT2D eigenvalue weighted by Crippen LogP contribution is 2.18. The largest absolute Gasteiger partial charge is 0.339 e. The molecule has 2 heterocycles. The monoisotopic (exact) mass is 379 g/mol. The Kier molecular flexibility index (Phi) is 5.93. The van der Waals surface area contributed by atoms with E-state index in [9.17, 15) is 18.0 Å². The number of nitrogens with zero attached hydrogens (tertiary/aromatic N) is 3. The van der Waals surface area contributed by atoms with Crippen LogP contribution >= 0.6 is 0 Å². The van der Waals surface area contributed by atoms with Crippen molar-refractivity contribution in [1.82, 2.24) is 14.1 Å². The number of carbonyl (C=O) groups is 2. The minimum atomic E-state index is -3.52. The van der Waals surface area contributed by atoms with Crippen molar-refractivity contribution in [3.8, 4) is 0 Å². The van der Waals surface area contributed by atoms with E-state index >= 15 is 0 Å². The Bertz CT molecular complexity index is 743. The molecular formula is C18H25N3O4S. The third kappa shape index (κ3) is 4.24. The van der Waals surface area contributed by atoms with Gasteiger partial charge in [-0.2, -0.15) is 4.31 Å². The number of carbonyl (C=O) groups excluding carboxylic acids is 2. The van der Waals surface area contributed by atoms with Crippen molar-refractivity contribution in [2.75, 3.05) is 39.3 Å². The van der Waals surface area contributed by atoms with Crippen LogP contribution in [-0.2, 0) is 19.6 Å². The van der Waals surface area contributed by atoms with Crippen molar-refractivity contribution in [2.24, 2.45) is 0 Å². The highest BCUT2D eigenvalue weighted by molar-refractivity contribution is 7.89. The summed E-state index contributed by atoms with van der Waals surface area (Å²) < 4.78 is 26.7. The first-order valence-corrected chi connectivity index (χ1v) is 10.5. The van der Waals surface area contributed by atoms with E-state index in [1.165, 1.54) is 4.31 Å². The second-order valence-corrected chi connectivity index (χ2v) is 8.66. The van der Waals surface area contributed by atoms with Crippen LogP contribution in [0.15, 0.2) is 35.2 Å². The SMILES string of the molecule is O=C(CN1CCCCCC1=O)N1CCN(S(=O)(=O)c2ccccc2)CC1. The van der Waals surface area contributed by atoms with Gasteiger partial charge in [-0.15, -0.1) is 0 Å². The van der Waals surface area contributed by atoms with Crippen LogP contribution < -0.4 is 0 Å². The van der Waals surface area contributed by atoms with Gasteiger partial charge in [-0.3, -0.25) is 9.59 Å². The number of rotatable bonds is 4. The summed E-state index contributed by atoms with van der Waals surface area (Å²) >= 11 is 0. The standard InChI is InChI=1S/C18H25N3O4S/c22-17-9-5-2-6-10-20(17)15-18(23)19-11-13-21(14-12-19)26(24,25)16-7-3-1-4-8-16/h1,3-4,7-8H,2,5-6,9-15H2. The number of sulfonamides is 1. The van der Waals surface area contributed by atoms with E-state index in [-0.39, 0.29) is 36.3 Å². The molecule has 0 radical (unpaired) electrons. The van der Waals surface area contributed by atoms with E-state index in [1.54, 1.807) is 40.1 Å². The molecule has 0 spiro atoms. The maximum Gasteiger partial charge on any atom is 0.243 e. The fourth-order valence-corrected chi connectivity index (χ4v) is 4.83. The zero-order valence-corrected chi connectivity index (χ0v) is 15.7. The molecule has 0 N–H and O–H groups in total. The van der Waals surface area contributed by atoms with E-state index in [4.69, 9.17) is 0 Å². The van der Waals surface area contributed by atoms with Crippen LogP contribution in [-0.4, -0.2) is 73.6 Å². The lowest BCUT2D eigenvalue weighted by Crippen LogP contribution is -2.53. The number of amides is 2. The molecular weight excluding hydrogens is 354 g/mol. The first-order chi connectivity index (χ1) is 12.5. The molecule has 0 aliphatic carbocycles. The highest BCUT2D eigenvalue weighted by Gasteiger charge is 2.31. The van der Waals surface area contributed by atoms with Crippen molar-refractivity contribution in [3.05, 3.63) is 30.3 Å². The zero-order valence-electron chi connectivity index (χ0n) is 14.8. The Morgan fingerprint density at radius 2 is 1.62 bits per heavy atom. The van der Waals surface area contributed by atoms with Gasteiger partial charge in [-0.25, -0.2) is 8.42 Å². The Balaban J connectivity index is 1.56. The van der Waals surface area contributed by atoms with Gasteiger partial charge in [-0.05, 0) is 25.0 Å². The molecule has 0 bridgehead atoms. The Morgan fingerprint density at radius 3 is 2.31 bits per heavy atom. The summed E-state index contributed by atoms with van der Waals surface area (Å²) in [5.41, 5.74) is 0. The molecule has 142 valence electrons.